The first-order valence-electron chi connectivity index (χ1n) is 5.03. The molecule has 1 N–H and O–H groups in total. The Morgan fingerprint density at radius 1 is 1.27 bits per heavy atom. The topological polar surface area (TPSA) is 63.1 Å². The number of carbonyl (C=O) groups is 1. The highest BCUT2D eigenvalue weighted by atomic mass is 16.4. The van der Waals surface area contributed by atoms with Gasteiger partial charge >= 0.3 is 5.97 Å². The standard InChI is InChI=1S/C11H16N2O2/c1-6(2)9-8(11(14)15)5-12-10(13-9)7(3)4/h5-7H,1-4H3,(H,14,15). The molecule has 0 aromatic carbocycles. The fourth-order valence-corrected chi connectivity index (χ4v) is 1.29. The van der Waals surface area contributed by atoms with Gasteiger partial charge in [-0.3, -0.25) is 0 Å². The molecule has 0 radical (unpaired) electrons. The number of hydrogen-bond donors (Lipinski definition) is 1. The van der Waals surface area contributed by atoms with Gasteiger partial charge in [-0.15, -0.1) is 0 Å². The molecule has 0 saturated carbocycles. The van der Waals surface area contributed by atoms with Gasteiger partial charge in [-0.05, 0) is 5.92 Å². The Balaban J connectivity index is 3.27. The van der Waals surface area contributed by atoms with Crippen LogP contribution in [0.2, 0.25) is 0 Å². The molecule has 4 heteroatoms. The molecule has 0 fully saturated rings. The zero-order chi connectivity index (χ0) is 11.6. The molecule has 0 spiro atoms. The largest absolute Gasteiger partial charge is 0.478 e. The molecule has 0 unspecified atom stereocenters. The van der Waals surface area contributed by atoms with Crippen LogP contribution in [0.5, 0.6) is 0 Å². The van der Waals surface area contributed by atoms with E-state index in [4.69, 9.17) is 5.11 Å². The average molecular weight is 208 g/mol. The van der Waals surface area contributed by atoms with E-state index in [1.807, 2.05) is 27.7 Å². The van der Waals surface area contributed by atoms with Crippen LogP contribution in [-0.2, 0) is 0 Å². The highest BCUT2D eigenvalue weighted by Crippen LogP contribution is 2.19. The lowest BCUT2D eigenvalue weighted by molar-refractivity contribution is 0.0694. The maximum atomic E-state index is 10.9. The van der Waals surface area contributed by atoms with Gasteiger partial charge in [0.15, 0.2) is 0 Å². The van der Waals surface area contributed by atoms with Crippen LogP contribution >= 0.6 is 0 Å². The molecule has 0 aliphatic rings. The van der Waals surface area contributed by atoms with Crippen molar-refractivity contribution in [3.05, 3.63) is 23.3 Å². The molecule has 1 aromatic heterocycles. The van der Waals surface area contributed by atoms with Gasteiger partial charge in [-0.2, -0.15) is 0 Å². The van der Waals surface area contributed by atoms with Crippen molar-refractivity contribution in [2.45, 2.75) is 39.5 Å². The van der Waals surface area contributed by atoms with Gasteiger partial charge in [0.1, 0.15) is 5.82 Å². The third-order valence-electron chi connectivity index (χ3n) is 2.13. The second kappa shape index (κ2) is 4.38. The van der Waals surface area contributed by atoms with E-state index in [-0.39, 0.29) is 17.4 Å². The highest BCUT2D eigenvalue weighted by molar-refractivity contribution is 5.88. The van der Waals surface area contributed by atoms with Crippen molar-refractivity contribution in [1.29, 1.82) is 0 Å². The van der Waals surface area contributed by atoms with Gasteiger partial charge in [-0.1, -0.05) is 27.7 Å². The molecule has 82 valence electrons. The fraction of sp³-hybridized carbons (Fsp3) is 0.545. The van der Waals surface area contributed by atoms with Crippen LogP contribution in [0, 0.1) is 0 Å². The van der Waals surface area contributed by atoms with Crippen LogP contribution < -0.4 is 0 Å². The zero-order valence-corrected chi connectivity index (χ0v) is 9.48. The lowest BCUT2D eigenvalue weighted by Crippen LogP contribution is -2.10. The predicted molar refractivity (Wildman–Crippen MR) is 57.2 cm³/mol. The van der Waals surface area contributed by atoms with Gasteiger partial charge in [0.2, 0.25) is 0 Å². The molecule has 0 amide bonds. The lowest BCUT2D eigenvalue weighted by Gasteiger charge is -2.11. The predicted octanol–water partition coefficient (Wildman–Crippen LogP) is 2.42. The smallest absolute Gasteiger partial charge is 0.339 e. The van der Waals surface area contributed by atoms with Crippen molar-refractivity contribution in [2.24, 2.45) is 0 Å². The summed E-state index contributed by atoms with van der Waals surface area (Å²) in [4.78, 5) is 19.3. The van der Waals surface area contributed by atoms with Crippen LogP contribution in [0.1, 0.15) is 61.4 Å². The SMILES string of the molecule is CC(C)c1ncc(C(=O)O)c(C(C)C)n1. The Bertz CT molecular complexity index is 373. The van der Waals surface area contributed by atoms with E-state index in [0.29, 0.717) is 11.5 Å². The molecule has 1 aromatic rings. The Morgan fingerprint density at radius 3 is 2.27 bits per heavy atom. The van der Waals surface area contributed by atoms with Gasteiger partial charge < -0.3 is 5.11 Å². The summed E-state index contributed by atoms with van der Waals surface area (Å²) in [5.74, 6) is 0.0413. The molecule has 4 nitrogen and oxygen atoms in total. The number of rotatable bonds is 3. The number of carboxylic acids is 1. The first-order valence-corrected chi connectivity index (χ1v) is 5.03. The lowest BCUT2D eigenvalue weighted by atomic mass is 10.0. The second-order valence-corrected chi connectivity index (χ2v) is 4.14. The van der Waals surface area contributed by atoms with Gasteiger partial charge in [0.05, 0.1) is 11.3 Å². The van der Waals surface area contributed by atoms with E-state index in [9.17, 15) is 4.79 Å². The van der Waals surface area contributed by atoms with Crippen molar-refractivity contribution < 1.29 is 9.90 Å². The summed E-state index contributed by atoms with van der Waals surface area (Å²) in [5, 5.41) is 8.96. The molecule has 1 heterocycles. The summed E-state index contributed by atoms with van der Waals surface area (Å²) in [6, 6.07) is 0. The Labute approximate surface area is 89.4 Å². The number of carboxylic acid groups (broad SMARTS) is 1. The van der Waals surface area contributed by atoms with E-state index in [1.165, 1.54) is 6.20 Å². The first-order chi connectivity index (χ1) is 6.93. The Hall–Kier alpha value is -1.45. The van der Waals surface area contributed by atoms with Crippen LogP contribution in [0.15, 0.2) is 6.20 Å². The third kappa shape index (κ3) is 2.52. The van der Waals surface area contributed by atoms with E-state index in [0.717, 1.165) is 0 Å². The summed E-state index contributed by atoms with van der Waals surface area (Å²) >= 11 is 0. The van der Waals surface area contributed by atoms with E-state index in [2.05, 4.69) is 9.97 Å². The second-order valence-electron chi connectivity index (χ2n) is 4.14. The van der Waals surface area contributed by atoms with Crippen LogP contribution in [0.25, 0.3) is 0 Å². The highest BCUT2D eigenvalue weighted by Gasteiger charge is 2.16. The minimum atomic E-state index is -0.964. The van der Waals surface area contributed by atoms with Crippen LogP contribution in [0.4, 0.5) is 0 Å². The summed E-state index contributed by atoms with van der Waals surface area (Å²) in [7, 11) is 0. The summed E-state index contributed by atoms with van der Waals surface area (Å²) in [6.07, 6.45) is 1.40. The zero-order valence-electron chi connectivity index (χ0n) is 9.48. The maximum absolute atomic E-state index is 10.9. The van der Waals surface area contributed by atoms with Crippen molar-refractivity contribution >= 4 is 5.97 Å². The number of nitrogens with zero attached hydrogens (tertiary/aromatic N) is 2. The van der Waals surface area contributed by atoms with E-state index >= 15 is 0 Å². The Morgan fingerprint density at radius 2 is 1.87 bits per heavy atom. The Kier molecular flexibility index (Phi) is 3.39. The number of aromatic carboxylic acids is 1. The molecular formula is C11H16N2O2. The van der Waals surface area contributed by atoms with Crippen LogP contribution in [-0.4, -0.2) is 21.0 Å². The van der Waals surface area contributed by atoms with Crippen LogP contribution in [0.3, 0.4) is 0 Å². The van der Waals surface area contributed by atoms with Crippen molar-refractivity contribution in [1.82, 2.24) is 9.97 Å². The molecule has 0 saturated heterocycles. The van der Waals surface area contributed by atoms with Gasteiger partial charge in [0.25, 0.3) is 0 Å². The average Bonchev–Trinajstić information content (AvgIpc) is 2.16. The van der Waals surface area contributed by atoms with Crippen molar-refractivity contribution in [2.75, 3.05) is 0 Å². The summed E-state index contributed by atoms with van der Waals surface area (Å²) < 4.78 is 0. The number of aromatic nitrogens is 2. The molecule has 0 atom stereocenters. The summed E-state index contributed by atoms with van der Waals surface area (Å²) in [5.41, 5.74) is 0.815. The number of hydrogen-bond acceptors (Lipinski definition) is 3. The maximum Gasteiger partial charge on any atom is 0.339 e. The normalized spacial score (nSPS) is 11.1. The molecular weight excluding hydrogens is 192 g/mol. The monoisotopic (exact) mass is 208 g/mol. The van der Waals surface area contributed by atoms with Crippen molar-refractivity contribution in [3.8, 4) is 0 Å². The van der Waals surface area contributed by atoms with E-state index in [1.54, 1.807) is 0 Å². The minimum absolute atomic E-state index is 0.0941. The molecule has 15 heavy (non-hydrogen) atoms. The molecule has 1 rings (SSSR count). The van der Waals surface area contributed by atoms with Gasteiger partial charge in [0, 0.05) is 12.1 Å². The third-order valence-corrected chi connectivity index (χ3v) is 2.13. The van der Waals surface area contributed by atoms with Crippen molar-refractivity contribution in [3.63, 3.8) is 0 Å². The minimum Gasteiger partial charge on any atom is -0.478 e. The molecule has 0 bridgehead atoms. The molecule has 0 aliphatic carbocycles. The first kappa shape index (κ1) is 11.6. The quantitative estimate of drug-likeness (QED) is 0.828. The van der Waals surface area contributed by atoms with E-state index < -0.39 is 5.97 Å². The fourth-order valence-electron chi connectivity index (χ4n) is 1.29. The summed E-state index contributed by atoms with van der Waals surface area (Å²) in [6.45, 7) is 7.83. The molecule has 0 aliphatic heterocycles. The van der Waals surface area contributed by atoms with Gasteiger partial charge in [-0.25, -0.2) is 14.8 Å².